The second-order valence-corrected chi connectivity index (χ2v) is 3.62. The van der Waals surface area contributed by atoms with Crippen molar-refractivity contribution in [3.63, 3.8) is 0 Å². The van der Waals surface area contributed by atoms with Crippen LogP contribution >= 0.6 is 11.5 Å². The summed E-state index contributed by atoms with van der Waals surface area (Å²) in [4.78, 5) is 11.6. The molecule has 75 valence electrons. The second-order valence-electron chi connectivity index (χ2n) is 2.82. The van der Waals surface area contributed by atoms with Crippen LogP contribution in [0.15, 0.2) is 10.9 Å². The Morgan fingerprint density at radius 3 is 2.80 bits per heavy atom. The van der Waals surface area contributed by atoms with Gasteiger partial charge in [-0.25, -0.2) is 6.92 Å². The second kappa shape index (κ2) is 5.28. The molecular formula is C9H9BN2OSY-2. The molecule has 3 nitrogen and oxygen atoms in total. The van der Waals surface area contributed by atoms with Crippen LogP contribution in [0.5, 0.6) is 0 Å². The van der Waals surface area contributed by atoms with E-state index in [1.165, 1.54) is 11.5 Å². The Bertz CT molecular complexity index is 535. The van der Waals surface area contributed by atoms with Crippen LogP contribution < -0.4 is 5.56 Å². The molecule has 0 amide bonds. The van der Waals surface area contributed by atoms with Crippen molar-refractivity contribution in [2.24, 2.45) is 0 Å². The van der Waals surface area contributed by atoms with E-state index in [9.17, 15) is 4.79 Å². The van der Waals surface area contributed by atoms with E-state index in [2.05, 4.69) is 11.3 Å². The predicted molar refractivity (Wildman–Crippen MR) is 60.6 cm³/mol. The molecule has 0 N–H and O–H groups in total. The van der Waals surface area contributed by atoms with Crippen LogP contribution in [0.4, 0.5) is 0 Å². The van der Waals surface area contributed by atoms with Crippen LogP contribution in [0, 0.1) is 21.3 Å². The zero-order chi connectivity index (χ0) is 9.59. The summed E-state index contributed by atoms with van der Waals surface area (Å²) in [6.45, 7) is 5.45. The van der Waals surface area contributed by atoms with Crippen LogP contribution in [-0.2, 0) is 32.7 Å². The van der Waals surface area contributed by atoms with E-state index in [4.69, 9.17) is 7.98 Å². The Morgan fingerprint density at radius 2 is 2.20 bits per heavy atom. The van der Waals surface area contributed by atoms with Crippen LogP contribution in [0.2, 0.25) is 0 Å². The van der Waals surface area contributed by atoms with Crippen LogP contribution in [0.25, 0.3) is 10.1 Å². The molecule has 0 aromatic carbocycles. The molecule has 0 unspecified atom stereocenters. The average molecular weight is 293 g/mol. The molecular weight excluding hydrogens is 284 g/mol. The smallest absolute Gasteiger partial charge is 0.244 e. The predicted octanol–water partition coefficient (Wildman–Crippen LogP) is 1.33. The molecule has 0 saturated heterocycles. The number of hydrogen-bond donors (Lipinski definition) is 0. The fourth-order valence-corrected chi connectivity index (χ4v) is 2.06. The van der Waals surface area contributed by atoms with Gasteiger partial charge in [0.1, 0.15) is 0 Å². The average Bonchev–Trinajstić information content (AvgIpc) is 2.43. The Labute approximate surface area is 119 Å². The van der Waals surface area contributed by atoms with Gasteiger partial charge < -0.3 is 11.9 Å². The van der Waals surface area contributed by atoms with Gasteiger partial charge in [0.2, 0.25) is 13.5 Å². The molecule has 0 fully saturated rings. The number of nitrogens with zero attached hydrogens (tertiary/aromatic N) is 2. The van der Waals surface area contributed by atoms with Crippen LogP contribution in [0.3, 0.4) is 0 Å². The van der Waals surface area contributed by atoms with Crippen molar-refractivity contribution >= 4 is 29.6 Å². The van der Waals surface area contributed by atoms with Crippen molar-refractivity contribution in [3.8, 4) is 0 Å². The minimum atomic E-state index is -0.228. The fourth-order valence-electron chi connectivity index (χ4n) is 1.22. The van der Waals surface area contributed by atoms with Gasteiger partial charge in [0.05, 0.1) is 11.1 Å². The van der Waals surface area contributed by atoms with Gasteiger partial charge in [-0.3, -0.25) is 4.79 Å². The maximum Gasteiger partial charge on any atom is 0.244 e. The maximum atomic E-state index is 11.6. The first-order chi connectivity index (χ1) is 6.11. The van der Waals surface area contributed by atoms with E-state index in [-0.39, 0.29) is 45.7 Å². The third-order valence-electron chi connectivity index (χ3n) is 1.93. The number of fused-ring (bicyclic) bond motifs is 1. The van der Waals surface area contributed by atoms with Gasteiger partial charge >= 0.3 is 0 Å². The van der Waals surface area contributed by atoms with E-state index < -0.39 is 0 Å². The summed E-state index contributed by atoms with van der Waals surface area (Å²) in [7, 11) is 5.49. The molecule has 2 aromatic heterocycles. The van der Waals surface area contributed by atoms with E-state index >= 15 is 0 Å². The van der Waals surface area contributed by atoms with Gasteiger partial charge in [0.15, 0.2) is 0 Å². The van der Waals surface area contributed by atoms with Gasteiger partial charge in [-0.1, -0.05) is 11.5 Å². The number of hydrogen-bond acceptors (Lipinski definition) is 3. The topological polar surface area (TPSA) is 34.9 Å². The zero-order valence-electron chi connectivity index (χ0n) is 8.65. The third-order valence-corrected chi connectivity index (χ3v) is 2.81. The molecule has 0 aliphatic rings. The van der Waals surface area contributed by atoms with E-state index in [0.717, 1.165) is 14.9 Å². The summed E-state index contributed by atoms with van der Waals surface area (Å²) in [6, 6.07) is 1.77. The van der Waals surface area contributed by atoms with Gasteiger partial charge in [-0.15, -0.1) is 5.69 Å². The molecule has 0 spiro atoms. The molecule has 0 atom stereocenters. The van der Waals surface area contributed by atoms with E-state index in [0.29, 0.717) is 11.1 Å². The van der Waals surface area contributed by atoms with Gasteiger partial charge in [-0.2, -0.15) is 10.4 Å². The van der Waals surface area contributed by atoms with Gasteiger partial charge in [0, 0.05) is 32.7 Å². The molecule has 0 saturated carbocycles. The fraction of sp³-hybridized carbons (Fsp3) is 0.111. The Kier molecular flexibility index (Phi) is 5.24. The summed E-state index contributed by atoms with van der Waals surface area (Å²) in [5.74, 6) is 0. The van der Waals surface area contributed by atoms with E-state index in [1.54, 1.807) is 13.0 Å². The Balaban J connectivity index is 0.000000980. The quantitative estimate of drug-likeness (QED) is 0.542. The summed E-state index contributed by atoms with van der Waals surface area (Å²) in [6.07, 6.45) is 0. The maximum absolute atomic E-state index is 11.6. The van der Waals surface area contributed by atoms with Crippen LogP contribution in [-0.4, -0.2) is 16.8 Å². The number of aryl methyl sites for hydroxylation is 1. The first-order valence-corrected chi connectivity index (χ1v) is 4.47. The summed E-state index contributed by atoms with van der Waals surface area (Å²) in [5, 5.41) is 0.597. The van der Waals surface area contributed by atoms with Crippen LogP contribution in [0.1, 0.15) is 11.4 Å². The van der Waals surface area contributed by atoms with Crippen molar-refractivity contribution in [3.05, 3.63) is 42.2 Å². The number of aromatic nitrogens is 2. The Hall–Kier alpha value is -0.121. The molecule has 0 aliphatic heterocycles. The van der Waals surface area contributed by atoms with Crippen molar-refractivity contribution in [1.29, 1.82) is 0 Å². The molecule has 2 rings (SSSR count). The largest absolute Gasteiger partial charge is 0.397 e. The SMILES string of the molecule is [B]n1c([CH2-])cc2snc(C)c2c1=O.[CH3-].[Y]. The normalized spacial score (nSPS) is 9.40. The van der Waals surface area contributed by atoms with Gasteiger partial charge in [-0.05, 0) is 11.6 Å². The molecule has 6 heteroatoms. The van der Waals surface area contributed by atoms with E-state index in [1.807, 2.05) is 0 Å². The molecule has 0 bridgehead atoms. The third kappa shape index (κ3) is 2.35. The first-order valence-electron chi connectivity index (χ1n) is 3.70. The molecule has 2 aromatic rings. The Morgan fingerprint density at radius 1 is 1.60 bits per heavy atom. The number of rotatable bonds is 0. The number of pyridine rings is 1. The summed E-state index contributed by atoms with van der Waals surface area (Å²) < 4.78 is 5.97. The monoisotopic (exact) mass is 293 g/mol. The van der Waals surface area contributed by atoms with Crippen molar-refractivity contribution in [2.45, 2.75) is 6.92 Å². The first kappa shape index (κ1) is 14.9. The summed E-state index contributed by atoms with van der Waals surface area (Å²) in [5.41, 5.74) is 0.999. The van der Waals surface area contributed by atoms with Crippen molar-refractivity contribution in [2.75, 3.05) is 0 Å². The van der Waals surface area contributed by atoms with Crippen molar-refractivity contribution in [1.82, 2.24) is 8.85 Å². The van der Waals surface area contributed by atoms with Crippen molar-refractivity contribution < 1.29 is 32.7 Å². The standard InChI is InChI=1S/C8H6BN2OS.CH3.Y/c1-4-3-6-7(5(2)10-13-6)8(12)11(4)9;;/h3H,1H2,2H3;1H3;/q2*-1;. The van der Waals surface area contributed by atoms with Gasteiger partial charge in [0.25, 0.3) is 0 Å². The molecule has 0 aliphatic carbocycles. The molecule has 15 heavy (non-hydrogen) atoms. The molecule has 3 radical (unpaired) electrons. The minimum Gasteiger partial charge on any atom is -0.397 e. The zero-order valence-corrected chi connectivity index (χ0v) is 12.3. The summed E-state index contributed by atoms with van der Waals surface area (Å²) >= 11 is 1.29. The minimum absolute atomic E-state index is 0. The molecule has 2 heterocycles.